The highest BCUT2D eigenvalue weighted by molar-refractivity contribution is 7.89. The molecular formula is C21H29N3O3S2. The number of nitrogens with zero attached hydrogens (tertiary/aromatic N) is 3. The van der Waals surface area contributed by atoms with E-state index in [-0.39, 0.29) is 5.91 Å². The number of likely N-dealkylation sites (N-methyl/N-ethyl adjacent to an activating group) is 1. The van der Waals surface area contributed by atoms with E-state index in [1.54, 1.807) is 28.4 Å². The molecule has 0 radical (unpaired) electrons. The predicted octanol–water partition coefficient (Wildman–Crippen LogP) is 2.72. The zero-order valence-corrected chi connectivity index (χ0v) is 18.9. The number of hydrogen-bond donors (Lipinski definition) is 0. The number of aryl methyl sites for hydroxylation is 2. The van der Waals surface area contributed by atoms with Crippen LogP contribution in [-0.2, 0) is 21.4 Å². The van der Waals surface area contributed by atoms with Gasteiger partial charge in [-0.2, -0.15) is 4.31 Å². The monoisotopic (exact) mass is 435 g/mol. The maximum absolute atomic E-state index is 12.9. The molecule has 1 fully saturated rings. The van der Waals surface area contributed by atoms with Crippen LogP contribution < -0.4 is 0 Å². The molecule has 1 amide bonds. The lowest BCUT2D eigenvalue weighted by atomic mass is 10.1. The van der Waals surface area contributed by atoms with E-state index in [0.29, 0.717) is 37.6 Å². The normalized spacial score (nSPS) is 15.8. The first-order valence-electron chi connectivity index (χ1n) is 9.91. The van der Waals surface area contributed by atoms with Crippen molar-refractivity contribution >= 4 is 27.3 Å². The molecule has 0 spiro atoms. The Bertz CT molecular complexity index is 934. The van der Waals surface area contributed by atoms with Crippen molar-refractivity contribution in [1.82, 2.24) is 14.1 Å². The molecule has 0 unspecified atom stereocenters. The van der Waals surface area contributed by atoms with Gasteiger partial charge >= 0.3 is 0 Å². The fourth-order valence-electron chi connectivity index (χ4n) is 3.40. The molecule has 1 aliphatic heterocycles. The molecule has 1 aliphatic rings. The van der Waals surface area contributed by atoms with E-state index in [1.807, 2.05) is 31.4 Å². The lowest BCUT2D eigenvalue weighted by Gasteiger charge is -2.35. The number of thiophene rings is 1. The second-order valence-corrected chi connectivity index (χ2v) is 10.4. The van der Waals surface area contributed by atoms with Crippen molar-refractivity contribution in [2.75, 3.05) is 39.3 Å². The highest BCUT2D eigenvalue weighted by Gasteiger charge is 2.30. The molecule has 0 saturated carbocycles. The second-order valence-electron chi connectivity index (χ2n) is 7.41. The molecule has 2 heterocycles. The number of piperazine rings is 1. The first-order chi connectivity index (χ1) is 13.8. The lowest BCUT2D eigenvalue weighted by Crippen LogP contribution is -2.52. The Balaban J connectivity index is 1.57. The number of rotatable bonds is 7. The van der Waals surface area contributed by atoms with Gasteiger partial charge in [-0.05, 0) is 55.1 Å². The van der Waals surface area contributed by atoms with Gasteiger partial charge in [-0.1, -0.05) is 19.1 Å². The summed E-state index contributed by atoms with van der Waals surface area (Å²) in [5.41, 5.74) is 2.03. The van der Waals surface area contributed by atoms with E-state index in [0.717, 1.165) is 24.2 Å². The molecule has 158 valence electrons. The Labute approximate surface area is 177 Å². The van der Waals surface area contributed by atoms with Gasteiger partial charge in [0, 0.05) is 37.6 Å². The van der Waals surface area contributed by atoms with Crippen LogP contribution in [0.15, 0.2) is 40.6 Å². The molecular weight excluding hydrogens is 406 g/mol. The molecule has 6 nitrogen and oxygen atoms in total. The van der Waals surface area contributed by atoms with Crippen molar-refractivity contribution in [3.63, 3.8) is 0 Å². The molecule has 1 aromatic heterocycles. The van der Waals surface area contributed by atoms with Crippen molar-refractivity contribution in [2.24, 2.45) is 0 Å². The van der Waals surface area contributed by atoms with Gasteiger partial charge in [-0.25, -0.2) is 8.42 Å². The van der Waals surface area contributed by atoms with Gasteiger partial charge in [0.1, 0.15) is 0 Å². The van der Waals surface area contributed by atoms with Crippen LogP contribution in [0.2, 0.25) is 0 Å². The van der Waals surface area contributed by atoms with Gasteiger partial charge < -0.3 is 4.90 Å². The van der Waals surface area contributed by atoms with Gasteiger partial charge in [-0.15, -0.1) is 11.3 Å². The van der Waals surface area contributed by atoms with Crippen LogP contribution in [0.3, 0.4) is 0 Å². The second kappa shape index (κ2) is 9.38. The van der Waals surface area contributed by atoms with Gasteiger partial charge in [0.25, 0.3) is 0 Å². The van der Waals surface area contributed by atoms with Crippen molar-refractivity contribution < 1.29 is 13.2 Å². The summed E-state index contributed by atoms with van der Waals surface area (Å²) in [7, 11) is -3.53. The summed E-state index contributed by atoms with van der Waals surface area (Å²) in [6, 6.07) is 9.33. The fraction of sp³-hybridized carbons (Fsp3) is 0.476. The van der Waals surface area contributed by atoms with Crippen LogP contribution in [0.4, 0.5) is 0 Å². The highest BCUT2D eigenvalue weighted by atomic mass is 32.2. The van der Waals surface area contributed by atoms with E-state index in [9.17, 15) is 13.2 Å². The molecule has 0 atom stereocenters. The van der Waals surface area contributed by atoms with Crippen molar-refractivity contribution in [1.29, 1.82) is 0 Å². The number of benzene rings is 1. The SMILES string of the molecule is CCN(CC(=O)N1CCN(S(=O)(=O)c2ccc(C)c(C)c2)CC1)Cc1cccs1. The van der Waals surface area contributed by atoms with Crippen LogP contribution in [-0.4, -0.2) is 67.7 Å². The van der Waals surface area contributed by atoms with Crippen molar-refractivity contribution in [2.45, 2.75) is 32.2 Å². The number of carbonyl (C=O) groups excluding carboxylic acids is 1. The maximum Gasteiger partial charge on any atom is 0.243 e. The number of carbonyl (C=O) groups is 1. The summed E-state index contributed by atoms with van der Waals surface area (Å²) in [6.07, 6.45) is 0. The first-order valence-corrected chi connectivity index (χ1v) is 12.2. The molecule has 0 bridgehead atoms. The van der Waals surface area contributed by atoms with Gasteiger partial charge in [0.2, 0.25) is 15.9 Å². The summed E-state index contributed by atoms with van der Waals surface area (Å²) in [4.78, 5) is 18.2. The quantitative estimate of drug-likeness (QED) is 0.671. The Hall–Kier alpha value is -1.74. The van der Waals surface area contributed by atoms with Crippen molar-refractivity contribution in [3.05, 3.63) is 51.7 Å². The first kappa shape index (κ1) is 22.0. The van der Waals surface area contributed by atoms with Gasteiger partial charge in [0.05, 0.1) is 11.4 Å². The van der Waals surface area contributed by atoms with E-state index in [4.69, 9.17) is 0 Å². The van der Waals surface area contributed by atoms with E-state index in [2.05, 4.69) is 17.9 Å². The van der Waals surface area contributed by atoms with Crippen LogP contribution in [0, 0.1) is 13.8 Å². The number of hydrogen-bond acceptors (Lipinski definition) is 5. The summed E-state index contributed by atoms with van der Waals surface area (Å²) >= 11 is 1.69. The molecule has 1 aromatic carbocycles. The summed E-state index contributed by atoms with van der Waals surface area (Å²) in [6.45, 7) is 9.38. The summed E-state index contributed by atoms with van der Waals surface area (Å²) in [5, 5.41) is 2.04. The van der Waals surface area contributed by atoms with Crippen LogP contribution >= 0.6 is 11.3 Å². The van der Waals surface area contributed by atoms with E-state index >= 15 is 0 Å². The smallest absolute Gasteiger partial charge is 0.243 e. The minimum Gasteiger partial charge on any atom is -0.339 e. The van der Waals surface area contributed by atoms with Crippen LogP contribution in [0.1, 0.15) is 22.9 Å². The minimum absolute atomic E-state index is 0.0617. The Morgan fingerprint density at radius 2 is 1.83 bits per heavy atom. The van der Waals surface area contributed by atoms with Gasteiger partial charge in [-0.3, -0.25) is 9.69 Å². The van der Waals surface area contributed by atoms with Crippen LogP contribution in [0.5, 0.6) is 0 Å². The van der Waals surface area contributed by atoms with Crippen molar-refractivity contribution in [3.8, 4) is 0 Å². The molecule has 2 aromatic rings. The zero-order chi connectivity index (χ0) is 21.0. The topological polar surface area (TPSA) is 60.9 Å². The molecule has 8 heteroatoms. The molecule has 29 heavy (non-hydrogen) atoms. The van der Waals surface area contributed by atoms with E-state index in [1.165, 1.54) is 9.18 Å². The molecule has 1 saturated heterocycles. The molecule has 3 rings (SSSR count). The summed E-state index contributed by atoms with van der Waals surface area (Å²) < 4.78 is 27.4. The number of amides is 1. The largest absolute Gasteiger partial charge is 0.339 e. The highest BCUT2D eigenvalue weighted by Crippen LogP contribution is 2.20. The van der Waals surface area contributed by atoms with Gasteiger partial charge in [0.15, 0.2) is 0 Å². The van der Waals surface area contributed by atoms with Crippen LogP contribution in [0.25, 0.3) is 0 Å². The zero-order valence-electron chi connectivity index (χ0n) is 17.3. The summed E-state index contributed by atoms with van der Waals surface area (Å²) in [5.74, 6) is 0.0617. The Morgan fingerprint density at radius 3 is 2.41 bits per heavy atom. The van der Waals surface area contributed by atoms with E-state index < -0.39 is 10.0 Å². The third-order valence-corrected chi connectivity index (χ3v) is 8.23. The number of sulfonamides is 1. The molecule has 0 N–H and O–H groups in total. The minimum atomic E-state index is -3.53. The average Bonchev–Trinajstić information content (AvgIpc) is 3.22. The molecule has 0 aliphatic carbocycles. The lowest BCUT2D eigenvalue weighted by molar-refractivity contribution is -0.133. The average molecular weight is 436 g/mol. The maximum atomic E-state index is 12.9. The standard InChI is InChI=1S/C21H29N3O3S2/c1-4-22(15-19-6-5-13-28-19)16-21(25)23-9-11-24(12-10-23)29(26,27)20-8-7-17(2)18(3)14-20/h5-8,13-14H,4,9-12,15-16H2,1-3H3. The predicted molar refractivity (Wildman–Crippen MR) is 117 cm³/mol. The Kier molecular flexibility index (Phi) is 7.10. The Morgan fingerprint density at radius 1 is 1.10 bits per heavy atom. The fourth-order valence-corrected chi connectivity index (χ4v) is 5.65. The third-order valence-electron chi connectivity index (χ3n) is 5.47. The third kappa shape index (κ3) is 5.25.